The van der Waals surface area contributed by atoms with Gasteiger partial charge in [-0.15, -0.1) is 0 Å². The Morgan fingerprint density at radius 3 is 1.29 bits per heavy atom. The highest BCUT2D eigenvalue weighted by molar-refractivity contribution is 7.86. The van der Waals surface area contributed by atoms with Gasteiger partial charge < -0.3 is 37.1 Å². The van der Waals surface area contributed by atoms with Crippen molar-refractivity contribution in [1.82, 2.24) is 35.0 Å². The van der Waals surface area contributed by atoms with Gasteiger partial charge in [0, 0.05) is 36.3 Å². The van der Waals surface area contributed by atoms with Crippen LogP contribution in [0.5, 0.6) is 0 Å². The van der Waals surface area contributed by atoms with E-state index in [0.29, 0.717) is 12.2 Å². The van der Waals surface area contributed by atoms with E-state index < -0.39 is 30.0 Å². The normalized spacial score (nSPS) is 11.7. The van der Waals surface area contributed by atoms with Gasteiger partial charge in [-0.05, 0) is 66.1 Å². The molecule has 0 aliphatic carbocycles. The van der Waals surface area contributed by atoms with E-state index in [4.69, 9.17) is 0 Å². The number of para-hydroxylation sites is 2. The van der Waals surface area contributed by atoms with Crippen molar-refractivity contribution in [3.8, 4) is 0 Å². The zero-order valence-electron chi connectivity index (χ0n) is 31.4. The van der Waals surface area contributed by atoms with Gasteiger partial charge >= 0.3 is 0 Å². The van der Waals surface area contributed by atoms with Crippen LogP contribution in [0.2, 0.25) is 0 Å². The molecule has 0 unspecified atom stereocenters. The first kappa shape index (κ1) is 41.8. The van der Waals surface area contributed by atoms with Crippen LogP contribution < -0.4 is 31.9 Å². The number of hydroxylamine groups is 2. The summed E-state index contributed by atoms with van der Waals surface area (Å²) in [4.78, 5) is 25.1. The molecule has 0 saturated carbocycles. The lowest BCUT2D eigenvalue weighted by Crippen LogP contribution is -2.22. The molecule has 0 aliphatic heterocycles. The third kappa shape index (κ3) is 12.1. The number of anilines is 10. The molecular formula is C37H39N13O7S2. The van der Waals surface area contributed by atoms with E-state index in [1.165, 1.54) is 43.5 Å². The number of aromatic nitrogens is 6. The molecule has 0 radical (unpaired) electrons. The van der Waals surface area contributed by atoms with E-state index >= 15 is 0 Å². The van der Waals surface area contributed by atoms with Crippen molar-refractivity contribution < 1.29 is 31.1 Å². The summed E-state index contributed by atoms with van der Waals surface area (Å²) in [5.41, 5.74) is 1.72. The van der Waals surface area contributed by atoms with Gasteiger partial charge in [0.15, 0.2) is 0 Å². The van der Waals surface area contributed by atoms with E-state index in [0.717, 1.165) is 29.3 Å². The first-order valence-corrected chi connectivity index (χ1v) is 20.6. The Bertz CT molecular complexity index is 2660. The van der Waals surface area contributed by atoms with E-state index in [2.05, 4.69) is 61.8 Å². The molecule has 0 saturated heterocycles. The molecule has 0 atom stereocenters. The Balaban J connectivity index is 1.27. The van der Waals surface area contributed by atoms with E-state index in [9.17, 15) is 31.1 Å². The molecule has 9 N–H and O–H groups in total. The fraction of sp³-hybridized carbons (Fsp3) is 0.135. The molecule has 6 rings (SSSR count). The van der Waals surface area contributed by atoms with Gasteiger partial charge in [0.2, 0.25) is 35.7 Å². The van der Waals surface area contributed by atoms with Gasteiger partial charge in [0.1, 0.15) is 9.79 Å². The minimum absolute atomic E-state index is 0.00824. The van der Waals surface area contributed by atoms with Crippen molar-refractivity contribution in [2.75, 3.05) is 52.2 Å². The first-order chi connectivity index (χ1) is 28.2. The minimum Gasteiger partial charge on any atom is -0.354 e. The second-order valence-corrected chi connectivity index (χ2v) is 15.3. The molecule has 0 amide bonds. The van der Waals surface area contributed by atoms with Crippen LogP contribution in [0, 0.1) is 0 Å². The van der Waals surface area contributed by atoms with Crippen molar-refractivity contribution >= 4 is 90.8 Å². The molecule has 22 heteroatoms. The topological polar surface area (TPSA) is 282 Å². The molecule has 0 spiro atoms. The summed E-state index contributed by atoms with van der Waals surface area (Å²) in [5, 5.41) is 28.4. The van der Waals surface area contributed by atoms with Gasteiger partial charge in [-0.25, -0.2) is 0 Å². The fourth-order valence-corrected chi connectivity index (χ4v) is 6.66. The van der Waals surface area contributed by atoms with Crippen LogP contribution in [0.15, 0.2) is 107 Å². The quantitative estimate of drug-likeness (QED) is 0.0201. The number of nitrogens with zero attached hydrogens (tertiary/aromatic N) is 7. The Labute approximate surface area is 339 Å². The largest absolute Gasteiger partial charge is 0.354 e. The van der Waals surface area contributed by atoms with Crippen molar-refractivity contribution in [2.24, 2.45) is 0 Å². The molecule has 0 fully saturated rings. The Morgan fingerprint density at radius 1 is 0.542 bits per heavy atom. The highest BCUT2D eigenvalue weighted by Gasteiger charge is 2.19. The first-order valence-electron chi connectivity index (χ1n) is 17.7. The minimum atomic E-state index is -4.85. The van der Waals surface area contributed by atoms with Gasteiger partial charge in [-0.1, -0.05) is 67.6 Å². The molecular weight excluding hydrogens is 803 g/mol. The smallest absolute Gasteiger partial charge is 0.295 e. The fourth-order valence-electron chi connectivity index (χ4n) is 5.24. The van der Waals surface area contributed by atoms with Crippen LogP contribution in [-0.4, -0.2) is 86.4 Å². The molecule has 2 aromatic heterocycles. The van der Waals surface area contributed by atoms with Crippen LogP contribution in [0.1, 0.15) is 24.5 Å². The third-order valence-corrected chi connectivity index (χ3v) is 9.69. The molecule has 4 aromatic carbocycles. The monoisotopic (exact) mass is 841 g/mol. The summed E-state index contributed by atoms with van der Waals surface area (Å²) in [6, 6.07) is 26.3. The number of benzene rings is 4. The molecule has 2 heterocycles. The van der Waals surface area contributed by atoms with Crippen molar-refractivity contribution in [1.29, 1.82) is 0 Å². The molecule has 306 valence electrons. The number of rotatable bonds is 18. The van der Waals surface area contributed by atoms with Crippen LogP contribution in [0.4, 0.5) is 58.4 Å². The van der Waals surface area contributed by atoms with Crippen LogP contribution in [0.25, 0.3) is 12.2 Å². The predicted octanol–water partition coefficient (Wildman–Crippen LogP) is 6.21. The van der Waals surface area contributed by atoms with Crippen molar-refractivity contribution in [2.45, 2.75) is 23.1 Å². The maximum atomic E-state index is 12.6. The zero-order chi connectivity index (χ0) is 42.0. The lowest BCUT2D eigenvalue weighted by molar-refractivity contribution is -0.0576. The molecule has 6 aromatic rings. The number of hydrogen-bond donors (Lipinski definition) is 9. The average molecular weight is 842 g/mol. The summed E-state index contributed by atoms with van der Waals surface area (Å²) in [5.74, 6) is 0.710. The molecule has 0 bridgehead atoms. The molecule has 20 nitrogen and oxygen atoms in total. The van der Waals surface area contributed by atoms with Crippen molar-refractivity contribution in [3.05, 3.63) is 108 Å². The maximum absolute atomic E-state index is 12.6. The SMILES string of the molecule is CCCNc1nc(Nc2ccccc2)nc(Nc2ccc(/C=C/c3ccc(Nc4nc(NCN(C)O)nc(Nc5ccccc5)n4)cc3S(=O)(=O)O)c(S(=O)(=O)O)c2)n1. The second kappa shape index (κ2) is 18.6. The summed E-state index contributed by atoms with van der Waals surface area (Å²) in [7, 11) is -8.26. The number of hydrogen-bond acceptors (Lipinski definition) is 18. The Hall–Kier alpha value is -6.82. The lowest BCUT2D eigenvalue weighted by atomic mass is 10.1. The predicted molar refractivity (Wildman–Crippen MR) is 224 cm³/mol. The highest BCUT2D eigenvalue weighted by Crippen LogP contribution is 2.29. The number of nitrogens with one attached hydrogen (secondary N) is 6. The molecule has 0 aliphatic rings. The van der Waals surface area contributed by atoms with Crippen LogP contribution in [-0.2, 0) is 20.2 Å². The average Bonchev–Trinajstić information content (AvgIpc) is 3.19. The van der Waals surface area contributed by atoms with Crippen LogP contribution in [0.3, 0.4) is 0 Å². The van der Waals surface area contributed by atoms with Crippen molar-refractivity contribution in [3.63, 3.8) is 0 Å². The second-order valence-electron chi connectivity index (χ2n) is 12.6. The van der Waals surface area contributed by atoms with Gasteiger partial charge in [-0.2, -0.15) is 51.8 Å². The summed E-state index contributed by atoms with van der Waals surface area (Å²) < 4.78 is 70.9. The van der Waals surface area contributed by atoms with Gasteiger partial charge in [0.05, 0.1) is 6.67 Å². The van der Waals surface area contributed by atoms with Gasteiger partial charge in [-0.3, -0.25) is 9.11 Å². The van der Waals surface area contributed by atoms with E-state index in [1.807, 2.05) is 55.5 Å². The molecule has 59 heavy (non-hydrogen) atoms. The Kier molecular flexibility index (Phi) is 13.2. The zero-order valence-corrected chi connectivity index (χ0v) is 33.1. The highest BCUT2D eigenvalue weighted by atomic mass is 32.2. The maximum Gasteiger partial charge on any atom is 0.295 e. The Morgan fingerprint density at radius 2 is 0.915 bits per heavy atom. The summed E-state index contributed by atoms with van der Waals surface area (Å²) in [6.45, 7) is 2.52. The lowest BCUT2D eigenvalue weighted by Gasteiger charge is -2.14. The summed E-state index contributed by atoms with van der Waals surface area (Å²) in [6.07, 6.45) is 3.33. The van der Waals surface area contributed by atoms with E-state index in [-0.39, 0.29) is 64.9 Å². The standard InChI is InChI=1S/C37H39N13O7S2/c1-3-20-38-32-44-34(40-26-10-6-4-7-11-26)48-36(45-32)42-28-18-16-24(30(21-28)58(52,53)54)14-15-25-17-19-29(22-31(25)59(55,56)57)43-37-47-33(39-23-50(2)51)46-35(49-37)41-27-12-8-5-9-13-27/h4-19,21-22,51H,3,20,23H2,1-2H3,(H,52,53,54)(H,55,56,57)(H3,38,40,42,44,45,48)(H3,39,41,43,46,47,49)/b15-14+. The van der Waals surface area contributed by atoms with Gasteiger partial charge in [0.25, 0.3) is 20.2 Å². The third-order valence-electron chi connectivity index (χ3n) is 7.87. The van der Waals surface area contributed by atoms with Crippen LogP contribution >= 0.6 is 0 Å². The van der Waals surface area contributed by atoms with E-state index in [1.54, 1.807) is 12.1 Å². The summed E-state index contributed by atoms with van der Waals surface area (Å²) >= 11 is 0.